The molecule has 0 aliphatic carbocycles. The molecule has 0 unspecified atom stereocenters. The third kappa shape index (κ3) is 7.52. The standard InChI is InChI=1S/C24H16ClF3N6O2S.C6H12O/c1-34-20(31-32-22(34)23-30-24(35)33-37-23)8-13-7-18(28)15(10-17(13)27)19-3-2-4-21(29-19)36-11-12-5-6-14(25)9-16(12)26;1-6(2)3-4-7-5-6/h2-7,9-10H,8,11H2,1H3,(H,33,35);3-5H2,1-2H3. The fraction of sp³-hybridized carbons (Fsp3) is 0.300. The maximum absolute atomic E-state index is 15.1. The zero-order chi connectivity index (χ0) is 31.4. The maximum atomic E-state index is 15.1. The number of aromatic amines is 1. The number of rotatable bonds is 7. The summed E-state index contributed by atoms with van der Waals surface area (Å²) in [7, 11) is 1.64. The van der Waals surface area contributed by atoms with Crippen LogP contribution in [0.2, 0.25) is 5.02 Å². The van der Waals surface area contributed by atoms with Crippen molar-refractivity contribution in [1.29, 1.82) is 0 Å². The third-order valence-corrected chi connectivity index (χ3v) is 7.86. The van der Waals surface area contributed by atoms with Gasteiger partial charge in [-0.2, -0.15) is 4.98 Å². The molecule has 1 fully saturated rings. The first-order chi connectivity index (χ1) is 21.0. The molecule has 44 heavy (non-hydrogen) atoms. The van der Waals surface area contributed by atoms with Crippen LogP contribution in [-0.4, -0.2) is 42.3 Å². The third-order valence-electron chi connectivity index (χ3n) is 6.89. The lowest BCUT2D eigenvalue weighted by atomic mass is 9.94. The Kier molecular flexibility index (Phi) is 9.47. The minimum Gasteiger partial charge on any atom is -0.473 e. The van der Waals surface area contributed by atoms with Gasteiger partial charge in [0.1, 0.15) is 29.9 Å². The number of hydrogen-bond donors (Lipinski definition) is 1. The summed E-state index contributed by atoms with van der Waals surface area (Å²) in [5.74, 6) is -1.09. The van der Waals surface area contributed by atoms with E-state index < -0.39 is 23.1 Å². The second-order valence-electron chi connectivity index (χ2n) is 10.9. The zero-order valence-corrected chi connectivity index (χ0v) is 25.6. The summed E-state index contributed by atoms with van der Waals surface area (Å²) < 4.78 is 58.8. The van der Waals surface area contributed by atoms with Gasteiger partial charge in [0.05, 0.1) is 12.3 Å². The molecule has 14 heteroatoms. The predicted molar refractivity (Wildman–Crippen MR) is 160 cm³/mol. The van der Waals surface area contributed by atoms with Crippen LogP contribution in [0.4, 0.5) is 13.2 Å². The summed E-state index contributed by atoms with van der Waals surface area (Å²) in [5.41, 5.74) is 0.375. The van der Waals surface area contributed by atoms with Crippen LogP contribution in [0.25, 0.3) is 22.1 Å². The summed E-state index contributed by atoms with van der Waals surface area (Å²) in [6.45, 7) is 6.27. The van der Waals surface area contributed by atoms with Gasteiger partial charge in [0.25, 0.3) is 0 Å². The largest absolute Gasteiger partial charge is 0.473 e. The van der Waals surface area contributed by atoms with Crippen LogP contribution in [0.5, 0.6) is 5.88 Å². The van der Waals surface area contributed by atoms with E-state index in [9.17, 15) is 9.18 Å². The van der Waals surface area contributed by atoms with Gasteiger partial charge in [-0.05, 0) is 59.3 Å². The Morgan fingerprint density at radius 1 is 1.05 bits per heavy atom. The lowest BCUT2D eigenvalue weighted by molar-refractivity contribution is 0.167. The Morgan fingerprint density at radius 2 is 1.84 bits per heavy atom. The van der Waals surface area contributed by atoms with Crippen molar-refractivity contribution in [1.82, 2.24) is 29.1 Å². The van der Waals surface area contributed by atoms with Gasteiger partial charge in [0.15, 0.2) is 10.8 Å². The lowest BCUT2D eigenvalue weighted by Crippen LogP contribution is -2.08. The van der Waals surface area contributed by atoms with Crippen molar-refractivity contribution >= 4 is 23.1 Å². The fourth-order valence-electron chi connectivity index (χ4n) is 4.32. The van der Waals surface area contributed by atoms with Crippen LogP contribution in [0.15, 0.2) is 53.3 Å². The van der Waals surface area contributed by atoms with E-state index in [0.29, 0.717) is 22.1 Å². The average Bonchev–Trinajstić information content (AvgIpc) is 3.70. The number of H-pyrrole nitrogens is 1. The van der Waals surface area contributed by atoms with E-state index in [4.69, 9.17) is 21.1 Å². The first-order valence-corrected chi connectivity index (χ1v) is 14.7. The highest BCUT2D eigenvalue weighted by Crippen LogP contribution is 2.28. The van der Waals surface area contributed by atoms with Crippen molar-refractivity contribution in [3.05, 3.63) is 98.4 Å². The molecule has 6 rings (SSSR count). The molecule has 230 valence electrons. The van der Waals surface area contributed by atoms with Crippen molar-refractivity contribution in [2.75, 3.05) is 13.2 Å². The van der Waals surface area contributed by atoms with Crippen LogP contribution in [0.3, 0.4) is 0 Å². The Bertz CT molecular complexity index is 1830. The summed E-state index contributed by atoms with van der Waals surface area (Å²) in [6.07, 6.45) is 1.18. The molecular formula is C30H28ClF3N6O3S. The molecule has 0 bridgehead atoms. The zero-order valence-electron chi connectivity index (χ0n) is 24.0. The topological polar surface area (TPSA) is 108 Å². The summed E-state index contributed by atoms with van der Waals surface area (Å²) in [6, 6.07) is 10.9. The quantitative estimate of drug-likeness (QED) is 0.220. The van der Waals surface area contributed by atoms with Crippen molar-refractivity contribution in [2.45, 2.75) is 33.3 Å². The van der Waals surface area contributed by atoms with Crippen LogP contribution < -0.4 is 10.4 Å². The van der Waals surface area contributed by atoms with Gasteiger partial charge in [-0.1, -0.05) is 37.6 Å². The first-order valence-electron chi connectivity index (χ1n) is 13.5. The second kappa shape index (κ2) is 13.3. The maximum Gasteiger partial charge on any atom is 0.355 e. The Balaban J connectivity index is 0.000000484. The molecule has 2 aromatic carbocycles. The van der Waals surface area contributed by atoms with Crippen LogP contribution in [0, 0.1) is 22.9 Å². The fourth-order valence-corrected chi connectivity index (χ4v) is 5.11. The molecule has 1 saturated heterocycles. The van der Waals surface area contributed by atoms with Gasteiger partial charge >= 0.3 is 5.69 Å². The van der Waals surface area contributed by atoms with Gasteiger partial charge < -0.3 is 14.0 Å². The smallest absolute Gasteiger partial charge is 0.355 e. The monoisotopic (exact) mass is 644 g/mol. The molecule has 3 aromatic heterocycles. The molecule has 0 radical (unpaired) electrons. The van der Waals surface area contributed by atoms with Crippen molar-refractivity contribution in [2.24, 2.45) is 12.5 Å². The molecule has 1 aliphatic heterocycles. The molecule has 1 N–H and O–H groups in total. The van der Waals surface area contributed by atoms with Gasteiger partial charge in [-0.15, -0.1) is 10.2 Å². The highest BCUT2D eigenvalue weighted by molar-refractivity contribution is 7.08. The lowest BCUT2D eigenvalue weighted by Gasteiger charge is -2.11. The van der Waals surface area contributed by atoms with Crippen LogP contribution in [-0.2, 0) is 24.8 Å². The predicted octanol–water partition coefficient (Wildman–Crippen LogP) is 6.36. The summed E-state index contributed by atoms with van der Waals surface area (Å²) in [5, 5.41) is 8.63. The van der Waals surface area contributed by atoms with Gasteiger partial charge in [0.2, 0.25) is 5.88 Å². The summed E-state index contributed by atoms with van der Waals surface area (Å²) in [4.78, 5) is 19.3. The van der Waals surface area contributed by atoms with E-state index in [-0.39, 0.29) is 46.3 Å². The second-order valence-corrected chi connectivity index (χ2v) is 12.1. The van der Waals surface area contributed by atoms with E-state index in [0.717, 1.165) is 36.9 Å². The first kappa shape index (κ1) is 31.4. The minimum atomic E-state index is -0.697. The number of ether oxygens (including phenoxy) is 2. The molecular weight excluding hydrogens is 617 g/mol. The van der Waals surface area contributed by atoms with E-state index in [1.807, 2.05) is 0 Å². The Morgan fingerprint density at radius 3 is 2.50 bits per heavy atom. The average molecular weight is 645 g/mol. The molecule has 1 aliphatic rings. The minimum absolute atomic E-state index is 0.0465. The summed E-state index contributed by atoms with van der Waals surface area (Å²) >= 11 is 6.76. The number of pyridine rings is 1. The SMILES string of the molecule is CC1(C)CCOC1.Cn1c(Cc2cc(F)c(-c3cccc(OCc4ccc(Cl)cc4F)n3)cc2F)nnc1-c1nc(=O)[nH]s1. The molecule has 9 nitrogen and oxygen atoms in total. The van der Waals surface area contributed by atoms with Crippen LogP contribution in [0.1, 0.15) is 37.2 Å². The van der Waals surface area contributed by atoms with E-state index in [1.54, 1.807) is 17.7 Å². The molecule has 0 spiro atoms. The van der Waals surface area contributed by atoms with Crippen molar-refractivity contribution in [3.8, 4) is 28.0 Å². The van der Waals surface area contributed by atoms with Crippen molar-refractivity contribution < 1.29 is 22.6 Å². The molecule has 0 saturated carbocycles. The van der Waals surface area contributed by atoms with Crippen LogP contribution >= 0.6 is 23.1 Å². The molecule has 4 heterocycles. The molecule has 0 atom stereocenters. The number of halogens is 4. The number of aromatic nitrogens is 6. The molecule has 5 aromatic rings. The Hall–Kier alpha value is -4.07. The number of nitrogens with zero attached hydrogens (tertiary/aromatic N) is 5. The van der Waals surface area contributed by atoms with E-state index in [1.165, 1.54) is 36.8 Å². The normalized spacial score (nSPS) is 13.9. The Labute approximate surface area is 259 Å². The number of hydrogen-bond acceptors (Lipinski definition) is 8. The van der Waals surface area contributed by atoms with Crippen molar-refractivity contribution in [3.63, 3.8) is 0 Å². The van der Waals surface area contributed by atoms with E-state index >= 15 is 8.78 Å². The molecule has 0 amide bonds. The number of nitrogens with one attached hydrogen (secondary N) is 1. The van der Waals surface area contributed by atoms with E-state index in [2.05, 4.69) is 38.4 Å². The highest BCUT2D eigenvalue weighted by Gasteiger charge is 2.23. The number of benzene rings is 2. The van der Waals surface area contributed by atoms with Gasteiger partial charge in [-0.3, -0.25) is 4.37 Å². The van der Waals surface area contributed by atoms with Gasteiger partial charge in [-0.25, -0.2) is 22.9 Å². The van der Waals surface area contributed by atoms with Gasteiger partial charge in [0, 0.05) is 42.3 Å². The highest BCUT2D eigenvalue weighted by atomic mass is 35.5.